The van der Waals surface area contributed by atoms with Crippen LogP contribution in [0.1, 0.15) is 50.9 Å². The van der Waals surface area contributed by atoms with E-state index in [1.807, 2.05) is 0 Å². The molecular weight excluding hydrogens is 268 g/mol. The first-order chi connectivity index (χ1) is 10.3. The van der Waals surface area contributed by atoms with Crippen molar-refractivity contribution in [3.05, 3.63) is 11.7 Å². The Hall–Kier alpha value is -0.980. The summed E-state index contributed by atoms with van der Waals surface area (Å²) in [6.45, 7) is 10.1. The molecule has 2 aliphatic heterocycles. The van der Waals surface area contributed by atoms with Crippen LogP contribution in [0, 0.1) is 0 Å². The summed E-state index contributed by atoms with van der Waals surface area (Å²) < 4.78 is 11.4. The molecule has 2 unspecified atom stereocenters. The maximum atomic E-state index is 5.84. The van der Waals surface area contributed by atoms with E-state index in [9.17, 15) is 0 Å². The van der Waals surface area contributed by atoms with Crippen LogP contribution in [0.25, 0.3) is 0 Å². The zero-order valence-electron chi connectivity index (χ0n) is 13.1. The molecule has 6 nitrogen and oxygen atoms in total. The zero-order chi connectivity index (χ0) is 14.7. The highest BCUT2D eigenvalue weighted by Crippen LogP contribution is 2.33. The van der Waals surface area contributed by atoms with E-state index in [-0.39, 0.29) is 11.5 Å². The van der Waals surface area contributed by atoms with Crippen LogP contribution >= 0.6 is 0 Å². The molecule has 0 spiro atoms. The molecule has 6 heteroatoms. The highest BCUT2D eigenvalue weighted by Gasteiger charge is 2.40. The Morgan fingerprint density at radius 1 is 1.43 bits per heavy atom. The Labute approximate surface area is 126 Å². The van der Waals surface area contributed by atoms with Gasteiger partial charge in [0.15, 0.2) is 0 Å². The van der Waals surface area contributed by atoms with Gasteiger partial charge in [0.1, 0.15) is 6.10 Å². The highest BCUT2D eigenvalue weighted by atomic mass is 16.5. The first kappa shape index (κ1) is 14.9. The molecule has 118 valence electrons. The third kappa shape index (κ3) is 2.98. The molecule has 0 bridgehead atoms. The molecule has 3 rings (SSSR count). The first-order valence-corrected chi connectivity index (χ1v) is 8.16. The van der Waals surface area contributed by atoms with Crippen LogP contribution in [0.15, 0.2) is 4.52 Å². The van der Waals surface area contributed by atoms with E-state index in [1.54, 1.807) is 0 Å². The highest BCUT2D eigenvalue weighted by molar-refractivity contribution is 5.10. The number of morpholine rings is 1. The van der Waals surface area contributed by atoms with Crippen molar-refractivity contribution in [1.29, 1.82) is 0 Å². The fourth-order valence-corrected chi connectivity index (χ4v) is 3.34. The lowest BCUT2D eigenvalue weighted by Gasteiger charge is -2.31. The average Bonchev–Trinajstić information content (AvgIpc) is 3.18. The minimum Gasteiger partial charge on any atom is -0.367 e. The Morgan fingerprint density at radius 3 is 3.05 bits per heavy atom. The van der Waals surface area contributed by atoms with Gasteiger partial charge in [0.25, 0.3) is 0 Å². The third-order valence-corrected chi connectivity index (χ3v) is 4.79. The number of hydrogen-bond acceptors (Lipinski definition) is 6. The number of nitrogens with zero attached hydrogens (tertiary/aromatic N) is 3. The van der Waals surface area contributed by atoms with Crippen molar-refractivity contribution in [2.24, 2.45) is 0 Å². The van der Waals surface area contributed by atoms with Crippen LogP contribution < -0.4 is 5.32 Å². The molecule has 1 N–H and O–H groups in total. The monoisotopic (exact) mass is 294 g/mol. The number of nitrogens with one attached hydrogen (secondary N) is 1. The van der Waals surface area contributed by atoms with Crippen molar-refractivity contribution in [3.8, 4) is 0 Å². The standard InChI is InChI=1S/C15H26N4O2/c1-3-7-19-8-9-20-12(10-19)13-17-14(21-18-13)15(4-2)5-6-16-11-15/h12,16H,3-11H2,1-2H3. The predicted octanol–water partition coefficient (Wildman–Crippen LogP) is 1.49. The van der Waals surface area contributed by atoms with Crippen molar-refractivity contribution in [3.63, 3.8) is 0 Å². The van der Waals surface area contributed by atoms with E-state index in [4.69, 9.17) is 9.26 Å². The number of aromatic nitrogens is 2. The van der Waals surface area contributed by atoms with Gasteiger partial charge in [0.05, 0.1) is 12.0 Å². The van der Waals surface area contributed by atoms with E-state index >= 15 is 0 Å². The van der Waals surface area contributed by atoms with Gasteiger partial charge in [-0.05, 0) is 32.4 Å². The Balaban J connectivity index is 1.72. The maximum Gasteiger partial charge on any atom is 0.234 e. The molecule has 0 radical (unpaired) electrons. The molecule has 0 aromatic carbocycles. The molecule has 2 saturated heterocycles. The lowest BCUT2D eigenvalue weighted by molar-refractivity contribution is -0.0350. The quantitative estimate of drug-likeness (QED) is 0.888. The second-order valence-electron chi connectivity index (χ2n) is 6.18. The van der Waals surface area contributed by atoms with E-state index in [0.717, 1.165) is 64.5 Å². The molecule has 21 heavy (non-hydrogen) atoms. The van der Waals surface area contributed by atoms with Crippen molar-refractivity contribution in [2.45, 2.75) is 44.6 Å². The molecule has 0 amide bonds. The predicted molar refractivity (Wildman–Crippen MR) is 79.2 cm³/mol. The SMILES string of the molecule is CCCN1CCOC(c2noc(C3(CC)CCNC3)n2)C1. The molecular formula is C15H26N4O2. The van der Waals surface area contributed by atoms with E-state index in [2.05, 4.69) is 34.2 Å². The summed E-state index contributed by atoms with van der Waals surface area (Å²) in [5.74, 6) is 1.49. The largest absolute Gasteiger partial charge is 0.367 e. The fraction of sp³-hybridized carbons (Fsp3) is 0.867. The van der Waals surface area contributed by atoms with Gasteiger partial charge in [0, 0.05) is 19.6 Å². The summed E-state index contributed by atoms with van der Waals surface area (Å²) in [5.41, 5.74) is 0.0169. The van der Waals surface area contributed by atoms with Crippen LogP contribution in [-0.2, 0) is 10.2 Å². The fourth-order valence-electron chi connectivity index (χ4n) is 3.34. The van der Waals surface area contributed by atoms with Gasteiger partial charge in [-0.3, -0.25) is 4.90 Å². The van der Waals surface area contributed by atoms with Crippen LogP contribution in [0.2, 0.25) is 0 Å². The second kappa shape index (κ2) is 6.42. The van der Waals surface area contributed by atoms with Crippen molar-refractivity contribution in [2.75, 3.05) is 39.3 Å². The van der Waals surface area contributed by atoms with Gasteiger partial charge < -0.3 is 14.6 Å². The summed E-state index contributed by atoms with van der Waals surface area (Å²) in [6.07, 6.45) is 3.20. The lowest BCUT2D eigenvalue weighted by atomic mass is 9.84. The minimum absolute atomic E-state index is 0.0169. The van der Waals surface area contributed by atoms with Crippen molar-refractivity contribution >= 4 is 0 Å². The first-order valence-electron chi connectivity index (χ1n) is 8.16. The van der Waals surface area contributed by atoms with Gasteiger partial charge in [0.2, 0.25) is 11.7 Å². The van der Waals surface area contributed by atoms with Crippen molar-refractivity contribution < 1.29 is 9.26 Å². The van der Waals surface area contributed by atoms with E-state index in [0.29, 0.717) is 5.82 Å². The molecule has 0 saturated carbocycles. The summed E-state index contributed by atoms with van der Waals surface area (Å²) in [4.78, 5) is 7.10. The summed E-state index contributed by atoms with van der Waals surface area (Å²) >= 11 is 0. The molecule has 2 aliphatic rings. The van der Waals surface area contributed by atoms with Crippen LogP contribution in [-0.4, -0.2) is 54.4 Å². The third-order valence-electron chi connectivity index (χ3n) is 4.79. The smallest absolute Gasteiger partial charge is 0.234 e. The summed E-state index contributed by atoms with van der Waals surface area (Å²) in [6, 6.07) is 0. The normalized spacial score (nSPS) is 30.9. The van der Waals surface area contributed by atoms with Gasteiger partial charge >= 0.3 is 0 Å². The van der Waals surface area contributed by atoms with Gasteiger partial charge in [-0.1, -0.05) is 19.0 Å². The molecule has 1 aromatic heterocycles. The summed E-state index contributed by atoms with van der Waals surface area (Å²) in [7, 11) is 0. The lowest BCUT2D eigenvalue weighted by Crippen LogP contribution is -2.39. The van der Waals surface area contributed by atoms with Crippen LogP contribution in [0.3, 0.4) is 0 Å². The topological polar surface area (TPSA) is 63.4 Å². The average molecular weight is 294 g/mol. The Morgan fingerprint density at radius 2 is 2.33 bits per heavy atom. The number of rotatable bonds is 5. The molecule has 1 aromatic rings. The summed E-state index contributed by atoms with van der Waals surface area (Å²) in [5, 5.41) is 7.61. The van der Waals surface area contributed by atoms with E-state index < -0.39 is 0 Å². The molecule has 2 fully saturated rings. The van der Waals surface area contributed by atoms with Gasteiger partial charge in [-0.25, -0.2) is 0 Å². The molecule has 2 atom stereocenters. The van der Waals surface area contributed by atoms with Gasteiger partial charge in [-0.2, -0.15) is 4.98 Å². The van der Waals surface area contributed by atoms with Crippen LogP contribution in [0.4, 0.5) is 0 Å². The van der Waals surface area contributed by atoms with Crippen molar-refractivity contribution in [1.82, 2.24) is 20.4 Å². The Bertz CT molecular complexity index is 454. The van der Waals surface area contributed by atoms with Gasteiger partial charge in [-0.15, -0.1) is 0 Å². The number of ether oxygens (including phenoxy) is 1. The zero-order valence-corrected chi connectivity index (χ0v) is 13.1. The number of hydrogen-bond donors (Lipinski definition) is 1. The molecule has 0 aliphatic carbocycles. The Kier molecular flexibility index (Phi) is 4.57. The van der Waals surface area contributed by atoms with E-state index in [1.165, 1.54) is 0 Å². The molecule has 3 heterocycles. The second-order valence-corrected chi connectivity index (χ2v) is 6.18. The minimum atomic E-state index is -0.0499. The maximum absolute atomic E-state index is 5.84. The van der Waals surface area contributed by atoms with Crippen LogP contribution in [0.5, 0.6) is 0 Å².